The van der Waals surface area contributed by atoms with Gasteiger partial charge in [0.25, 0.3) is 5.91 Å². The van der Waals surface area contributed by atoms with Gasteiger partial charge in [0.1, 0.15) is 5.82 Å². The SMILES string of the molecule is NC(=O)Nc1cn(-c2ccc(S(=O)(=O)c3ccc(F)cc3)c(Cl)c2)nc1C(N)=O. The summed E-state index contributed by atoms with van der Waals surface area (Å²) in [6, 6.07) is 7.30. The van der Waals surface area contributed by atoms with E-state index in [0.29, 0.717) is 0 Å². The molecule has 5 N–H and O–H groups in total. The number of primary amides is 2. The quantitative estimate of drug-likeness (QED) is 0.522. The summed E-state index contributed by atoms with van der Waals surface area (Å²) in [5.74, 6) is -1.48. The Labute approximate surface area is 169 Å². The molecule has 0 radical (unpaired) electrons. The van der Waals surface area contributed by atoms with Gasteiger partial charge in [-0.1, -0.05) is 11.6 Å². The highest BCUT2D eigenvalue weighted by molar-refractivity contribution is 7.91. The van der Waals surface area contributed by atoms with Crippen LogP contribution in [-0.4, -0.2) is 30.1 Å². The Balaban J connectivity index is 2.03. The number of sulfone groups is 1. The van der Waals surface area contributed by atoms with Crippen LogP contribution in [0.4, 0.5) is 14.9 Å². The van der Waals surface area contributed by atoms with Crippen LogP contribution in [0.1, 0.15) is 10.5 Å². The molecule has 0 unspecified atom stereocenters. The first-order valence-electron chi connectivity index (χ1n) is 7.86. The van der Waals surface area contributed by atoms with Gasteiger partial charge in [-0.2, -0.15) is 5.10 Å². The van der Waals surface area contributed by atoms with Gasteiger partial charge in [-0.3, -0.25) is 4.79 Å². The fraction of sp³-hybridized carbons (Fsp3) is 0. The molecule has 0 saturated carbocycles. The molecule has 2 aromatic carbocycles. The summed E-state index contributed by atoms with van der Waals surface area (Å²) in [5.41, 5.74) is 10.3. The number of aromatic nitrogens is 2. The van der Waals surface area contributed by atoms with Crippen LogP contribution in [-0.2, 0) is 9.84 Å². The summed E-state index contributed by atoms with van der Waals surface area (Å²) >= 11 is 6.16. The third-order valence-electron chi connectivity index (χ3n) is 3.80. The van der Waals surface area contributed by atoms with E-state index >= 15 is 0 Å². The predicted molar refractivity (Wildman–Crippen MR) is 102 cm³/mol. The molecule has 12 heteroatoms. The van der Waals surface area contributed by atoms with Crippen molar-refractivity contribution < 1.29 is 22.4 Å². The highest BCUT2D eigenvalue weighted by Gasteiger charge is 2.22. The normalized spacial score (nSPS) is 11.2. The van der Waals surface area contributed by atoms with Gasteiger partial charge in [0.15, 0.2) is 5.69 Å². The van der Waals surface area contributed by atoms with Crippen molar-refractivity contribution in [1.82, 2.24) is 9.78 Å². The van der Waals surface area contributed by atoms with E-state index in [0.717, 1.165) is 24.3 Å². The number of benzene rings is 2. The summed E-state index contributed by atoms with van der Waals surface area (Å²) in [6.07, 6.45) is 1.27. The van der Waals surface area contributed by atoms with Gasteiger partial charge < -0.3 is 16.8 Å². The van der Waals surface area contributed by atoms with Gasteiger partial charge in [0.05, 0.1) is 32.4 Å². The van der Waals surface area contributed by atoms with E-state index in [1.54, 1.807) is 0 Å². The first kappa shape index (κ1) is 20.3. The average molecular weight is 438 g/mol. The third-order valence-corrected chi connectivity index (χ3v) is 6.05. The van der Waals surface area contributed by atoms with Crippen LogP contribution in [0.15, 0.2) is 58.5 Å². The number of carbonyl (C=O) groups excluding carboxylic acids is 2. The number of halogens is 2. The fourth-order valence-corrected chi connectivity index (χ4v) is 4.29. The molecular formula is C17H13ClFN5O4S. The van der Waals surface area contributed by atoms with Crippen LogP contribution in [0.5, 0.6) is 0 Å². The van der Waals surface area contributed by atoms with Crippen LogP contribution in [0.25, 0.3) is 5.69 Å². The summed E-state index contributed by atoms with van der Waals surface area (Å²) in [6.45, 7) is 0. The van der Waals surface area contributed by atoms with Gasteiger partial charge in [0, 0.05) is 0 Å². The zero-order chi connectivity index (χ0) is 21.3. The van der Waals surface area contributed by atoms with E-state index in [1.165, 1.54) is 29.1 Å². The summed E-state index contributed by atoms with van der Waals surface area (Å²) in [7, 11) is -3.99. The number of carbonyl (C=O) groups is 2. The van der Waals surface area contributed by atoms with E-state index in [4.69, 9.17) is 23.1 Å². The number of hydrogen-bond donors (Lipinski definition) is 3. The molecule has 0 bridgehead atoms. The Morgan fingerprint density at radius 3 is 2.31 bits per heavy atom. The van der Waals surface area contributed by atoms with Gasteiger partial charge in [-0.25, -0.2) is 22.3 Å². The Hall–Kier alpha value is -3.44. The lowest BCUT2D eigenvalue weighted by Crippen LogP contribution is -2.22. The molecule has 9 nitrogen and oxygen atoms in total. The summed E-state index contributed by atoms with van der Waals surface area (Å²) in [4.78, 5) is 22.2. The lowest BCUT2D eigenvalue weighted by atomic mass is 10.3. The zero-order valence-corrected chi connectivity index (χ0v) is 16.0. The number of nitrogens with one attached hydrogen (secondary N) is 1. The number of hydrogen-bond acceptors (Lipinski definition) is 5. The van der Waals surface area contributed by atoms with Crippen molar-refractivity contribution in [3.05, 3.63) is 65.2 Å². The number of rotatable bonds is 5. The Bertz CT molecular complexity index is 1230. The van der Waals surface area contributed by atoms with Crippen molar-refractivity contribution in [2.75, 3.05) is 5.32 Å². The van der Waals surface area contributed by atoms with Gasteiger partial charge in [-0.15, -0.1) is 0 Å². The third kappa shape index (κ3) is 4.05. The Kier molecular flexibility index (Phi) is 5.27. The minimum atomic E-state index is -3.99. The first-order valence-corrected chi connectivity index (χ1v) is 9.72. The highest BCUT2D eigenvalue weighted by Crippen LogP contribution is 2.30. The van der Waals surface area contributed by atoms with Crippen LogP contribution in [0.3, 0.4) is 0 Å². The smallest absolute Gasteiger partial charge is 0.316 e. The van der Waals surface area contributed by atoms with E-state index in [9.17, 15) is 22.4 Å². The van der Waals surface area contributed by atoms with Crippen LogP contribution >= 0.6 is 11.6 Å². The van der Waals surface area contributed by atoms with Crippen molar-refractivity contribution in [3.63, 3.8) is 0 Å². The van der Waals surface area contributed by atoms with Gasteiger partial charge in [-0.05, 0) is 42.5 Å². The maximum Gasteiger partial charge on any atom is 0.316 e. The minimum Gasteiger partial charge on any atom is -0.364 e. The predicted octanol–water partition coefficient (Wildman–Crippen LogP) is 2.09. The standard InChI is InChI=1S/C17H13ClFN5O4S/c18-12-7-10(24-8-13(22-17(21)26)15(23-24)16(20)25)3-6-14(12)29(27,28)11-4-1-9(19)2-5-11/h1-8H,(H2,20,25)(H3,21,22,26). The second-order valence-corrected chi connectivity index (χ2v) is 8.09. The lowest BCUT2D eigenvalue weighted by molar-refractivity contribution is 0.0996. The van der Waals surface area contributed by atoms with Gasteiger partial charge in [0.2, 0.25) is 9.84 Å². The number of urea groups is 1. The lowest BCUT2D eigenvalue weighted by Gasteiger charge is -2.09. The topological polar surface area (TPSA) is 150 Å². The highest BCUT2D eigenvalue weighted by atomic mass is 35.5. The first-order chi connectivity index (χ1) is 13.6. The number of amides is 3. The van der Waals surface area contributed by atoms with Crippen molar-refractivity contribution in [1.29, 1.82) is 0 Å². The molecule has 0 aliphatic carbocycles. The van der Waals surface area contributed by atoms with E-state index < -0.39 is 27.6 Å². The molecule has 3 amide bonds. The van der Waals surface area contributed by atoms with E-state index in [1.807, 2.05) is 0 Å². The van der Waals surface area contributed by atoms with Crippen molar-refractivity contribution in [2.45, 2.75) is 9.79 Å². The molecular weight excluding hydrogens is 425 g/mol. The molecule has 0 saturated heterocycles. The molecule has 3 rings (SSSR count). The van der Waals surface area contributed by atoms with Crippen LogP contribution in [0, 0.1) is 5.82 Å². The second-order valence-electron chi connectivity index (χ2n) is 5.76. The number of nitrogens with two attached hydrogens (primary N) is 2. The van der Waals surface area contributed by atoms with Gasteiger partial charge >= 0.3 is 6.03 Å². The fourth-order valence-electron chi connectivity index (χ4n) is 2.50. The molecule has 0 spiro atoms. The van der Waals surface area contributed by atoms with Crippen molar-refractivity contribution in [3.8, 4) is 5.69 Å². The van der Waals surface area contributed by atoms with Crippen LogP contribution in [0.2, 0.25) is 5.02 Å². The summed E-state index contributed by atoms with van der Waals surface area (Å²) in [5, 5.41) is 6.04. The van der Waals surface area contributed by atoms with E-state index in [2.05, 4.69) is 10.4 Å². The maximum atomic E-state index is 13.1. The zero-order valence-electron chi connectivity index (χ0n) is 14.5. The molecule has 150 valence electrons. The minimum absolute atomic E-state index is 0.0240. The number of nitrogens with zero attached hydrogens (tertiary/aromatic N) is 2. The number of anilines is 1. The van der Waals surface area contributed by atoms with Crippen LogP contribution < -0.4 is 16.8 Å². The summed E-state index contributed by atoms with van der Waals surface area (Å²) < 4.78 is 39.7. The average Bonchev–Trinajstić information content (AvgIpc) is 3.05. The molecule has 0 atom stereocenters. The molecule has 3 aromatic rings. The molecule has 29 heavy (non-hydrogen) atoms. The van der Waals surface area contributed by atoms with Crippen molar-refractivity contribution >= 4 is 39.1 Å². The van der Waals surface area contributed by atoms with E-state index in [-0.39, 0.29) is 31.9 Å². The largest absolute Gasteiger partial charge is 0.364 e. The molecule has 0 aliphatic rings. The molecule has 0 aliphatic heterocycles. The molecule has 1 aromatic heterocycles. The monoisotopic (exact) mass is 437 g/mol. The Morgan fingerprint density at radius 1 is 1.10 bits per heavy atom. The maximum absolute atomic E-state index is 13.1. The second kappa shape index (κ2) is 7.53. The molecule has 1 heterocycles. The molecule has 0 fully saturated rings. The van der Waals surface area contributed by atoms with Crippen molar-refractivity contribution in [2.24, 2.45) is 11.5 Å². The Morgan fingerprint density at radius 2 is 1.76 bits per heavy atom.